The van der Waals surface area contributed by atoms with Crippen molar-refractivity contribution >= 4 is 5.91 Å². The van der Waals surface area contributed by atoms with E-state index in [2.05, 4.69) is 5.32 Å². The molecule has 4 nitrogen and oxygen atoms in total. The first-order valence-corrected chi connectivity index (χ1v) is 6.08. The van der Waals surface area contributed by atoms with E-state index in [9.17, 15) is 4.79 Å². The summed E-state index contributed by atoms with van der Waals surface area (Å²) in [5.74, 6) is 0.690. The van der Waals surface area contributed by atoms with Crippen molar-refractivity contribution in [2.24, 2.45) is 0 Å². The SMILES string of the molecule is COCC(=O)NC(C)c1cccc(OC(C)C)c1. The Balaban J connectivity index is 2.67. The highest BCUT2D eigenvalue weighted by atomic mass is 16.5. The van der Waals surface area contributed by atoms with E-state index in [0.717, 1.165) is 11.3 Å². The van der Waals surface area contributed by atoms with Gasteiger partial charge in [0, 0.05) is 7.11 Å². The van der Waals surface area contributed by atoms with Crippen LogP contribution in [0.25, 0.3) is 0 Å². The minimum Gasteiger partial charge on any atom is -0.491 e. The molecule has 0 bridgehead atoms. The summed E-state index contributed by atoms with van der Waals surface area (Å²) in [6, 6.07) is 7.67. The van der Waals surface area contributed by atoms with Gasteiger partial charge in [-0.1, -0.05) is 12.1 Å². The summed E-state index contributed by atoms with van der Waals surface area (Å²) in [6.07, 6.45) is 0.138. The molecule has 18 heavy (non-hydrogen) atoms. The molecule has 1 N–H and O–H groups in total. The summed E-state index contributed by atoms with van der Waals surface area (Å²) in [4.78, 5) is 11.4. The minimum absolute atomic E-state index is 0.0663. The van der Waals surface area contributed by atoms with E-state index in [-0.39, 0.29) is 24.7 Å². The lowest BCUT2D eigenvalue weighted by Crippen LogP contribution is -2.29. The zero-order valence-corrected chi connectivity index (χ0v) is 11.4. The number of rotatable bonds is 6. The van der Waals surface area contributed by atoms with Crippen LogP contribution in [0.15, 0.2) is 24.3 Å². The Morgan fingerprint density at radius 2 is 2.06 bits per heavy atom. The zero-order chi connectivity index (χ0) is 13.5. The van der Waals surface area contributed by atoms with Crippen LogP contribution in [0.4, 0.5) is 0 Å². The normalized spacial score (nSPS) is 12.3. The minimum atomic E-state index is -0.125. The highest BCUT2D eigenvalue weighted by molar-refractivity contribution is 5.77. The highest BCUT2D eigenvalue weighted by Crippen LogP contribution is 2.19. The smallest absolute Gasteiger partial charge is 0.246 e. The number of nitrogens with one attached hydrogen (secondary N) is 1. The predicted molar refractivity (Wildman–Crippen MR) is 70.6 cm³/mol. The van der Waals surface area contributed by atoms with Gasteiger partial charge in [-0.2, -0.15) is 0 Å². The fourth-order valence-corrected chi connectivity index (χ4v) is 1.63. The van der Waals surface area contributed by atoms with Gasteiger partial charge in [0.1, 0.15) is 12.4 Å². The number of carbonyl (C=O) groups is 1. The van der Waals surface area contributed by atoms with Gasteiger partial charge in [0.2, 0.25) is 5.91 Å². The van der Waals surface area contributed by atoms with Gasteiger partial charge in [0.25, 0.3) is 0 Å². The maximum absolute atomic E-state index is 11.4. The van der Waals surface area contributed by atoms with E-state index in [1.54, 1.807) is 0 Å². The van der Waals surface area contributed by atoms with Crippen molar-refractivity contribution in [2.75, 3.05) is 13.7 Å². The van der Waals surface area contributed by atoms with Gasteiger partial charge in [-0.3, -0.25) is 4.79 Å². The number of carbonyl (C=O) groups excluding carboxylic acids is 1. The first-order chi connectivity index (χ1) is 8.52. The molecule has 0 fully saturated rings. The summed E-state index contributed by atoms with van der Waals surface area (Å²) < 4.78 is 10.4. The van der Waals surface area contributed by atoms with Crippen molar-refractivity contribution in [2.45, 2.75) is 32.9 Å². The van der Waals surface area contributed by atoms with Gasteiger partial charge in [-0.15, -0.1) is 0 Å². The van der Waals surface area contributed by atoms with Crippen LogP contribution in [0.1, 0.15) is 32.4 Å². The van der Waals surface area contributed by atoms with Gasteiger partial charge in [-0.05, 0) is 38.5 Å². The molecule has 1 amide bonds. The number of amides is 1. The van der Waals surface area contributed by atoms with E-state index in [1.807, 2.05) is 45.0 Å². The average Bonchev–Trinajstić information content (AvgIpc) is 2.28. The molecule has 4 heteroatoms. The van der Waals surface area contributed by atoms with Gasteiger partial charge in [0.05, 0.1) is 12.1 Å². The molecular weight excluding hydrogens is 230 g/mol. The standard InChI is InChI=1S/C14H21NO3/c1-10(2)18-13-7-5-6-12(8-13)11(3)15-14(16)9-17-4/h5-8,10-11H,9H2,1-4H3,(H,15,16). The lowest BCUT2D eigenvalue weighted by molar-refractivity contribution is -0.125. The number of ether oxygens (including phenoxy) is 2. The molecule has 0 saturated heterocycles. The first-order valence-electron chi connectivity index (χ1n) is 6.08. The van der Waals surface area contributed by atoms with Crippen LogP contribution in [0.2, 0.25) is 0 Å². The summed E-state index contributed by atoms with van der Waals surface area (Å²) >= 11 is 0. The van der Waals surface area contributed by atoms with Gasteiger partial charge in [0.15, 0.2) is 0 Å². The van der Waals surface area contributed by atoms with Crippen molar-refractivity contribution in [3.8, 4) is 5.75 Å². The van der Waals surface area contributed by atoms with Gasteiger partial charge >= 0.3 is 0 Å². The van der Waals surface area contributed by atoms with Gasteiger partial charge < -0.3 is 14.8 Å². The van der Waals surface area contributed by atoms with Crippen molar-refractivity contribution in [3.05, 3.63) is 29.8 Å². The van der Waals surface area contributed by atoms with E-state index < -0.39 is 0 Å². The fourth-order valence-electron chi connectivity index (χ4n) is 1.63. The van der Waals surface area contributed by atoms with Crippen LogP contribution in [-0.2, 0) is 9.53 Å². The Bertz CT molecular complexity index is 390. The second-order valence-electron chi connectivity index (χ2n) is 4.46. The number of hydrogen-bond donors (Lipinski definition) is 1. The molecule has 0 aliphatic rings. The van der Waals surface area contributed by atoms with Crippen molar-refractivity contribution in [1.29, 1.82) is 0 Å². The van der Waals surface area contributed by atoms with Crippen molar-refractivity contribution < 1.29 is 14.3 Å². The molecule has 0 heterocycles. The van der Waals surface area contributed by atoms with E-state index in [4.69, 9.17) is 9.47 Å². The quantitative estimate of drug-likeness (QED) is 0.844. The van der Waals surface area contributed by atoms with Crippen molar-refractivity contribution in [1.82, 2.24) is 5.32 Å². The third kappa shape index (κ3) is 4.75. The second kappa shape index (κ2) is 7.01. The number of hydrogen-bond acceptors (Lipinski definition) is 3. The molecule has 1 aromatic carbocycles. The Kier molecular flexibility index (Phi) is 5.65. The number of benzene rings is 1. The Morgan fingerprint density at radius 1 is 1.33 bits per heavy atom. The molecule has 100 valence electrons. The molecular formula is C14H21NO3. The van der Waals surface area contributed by atoms with Crippen LogP contribution in [0, 0.1) is 0 Å². The van der Waals surface area contributed by atoms with Crippen molar-refractivity contribution in [3.63, 3.8) is 0 Å². The highest BCUT2D eigenvalue weighted by Gasteiger charge is 2.10. The van der Waals surface area contributed by atoms with Crippen LogP contribution < -0.4 is 10.1 Å². The molecule has 0 aliphatic carbocycles. The van der Waals surface area contributed by atoms with Gasteiger partial charge in [-0.25, -0.2) is 0 Å². The molecule has 0 aromatic heterocycles. The Morgan fingerprint density at radius 3 is 2.67 bits per heavy atom. The third-order valence-electron chi connectivity index (χ3n) is 2.38. The molecule has 0 spiro atoms. The van der Waals surface area contributed by atoms with Crippen LogP contribution >= 0.6 is 0 Å². The summed E-state index contributed by atoms with van der Waals surface area (Å²) in [5, 5.41) is 2.86. The molecule has 0 saturated carbocycles. The molecule has 1 aromatic rings. The van der Waals surface area contributed by atoms with E-state index >= 15 is 0 Å². The molecule has 1 unspecified atom stereocenters. The van der Waals surface area contributed by atoms with Crippen LogP contribution in [-0.4, -0.2) is 25.7 Å². The van der Waals surface area contributed by atoms with E-state index in [0.29, 0.717) is 0 Å². The fraction of sp³-hybridized carbons (Fsp3) is 0.500. The lowest BCUT2D eigenvalue weighted by Gasteiger charge is -2.16. The van der Waals surface area contributed by atoms with Crippen LogP contribution in [0.5, 0.6) is 5.75 Å². The average molecular weight is 251 g/mol. The summed E-state index contributed by atoms with van der Waals surface area (Å²) in [7, 11) is 1.50. The lowest BCUT2D eigenvalue weighted by atomic mass is 10.1. The molecule has 1 rings (SSSR count). The number of methoxy groups -OCH3 is 1. The maximum atomic E-state index is 11.4. The predicted octanol–water partition coefficient (Wildman–Crippen LogP) is 2.30. The first kappa shape index (κ1) is 14.5. The summed E-state index contributed by atoms with van der Waals surface area (Å²) in [5.41, 5.74) is 1.01. The Labute approximate surface area is 108 Å². The van der Waals surface area contributed by atoms with Crippen LogP contribution in [0.3, 0.4) is 0 Å². The maximum Gasteiger partial charge on any atom is 0.246 e. The zero-order valence-electron chi connectivity index (χ0n) is 11.4. The molecule has 0 aliphatic heterocycles. The topological polar surface area (TPSA) is 47.6 Å². The monoisotopic (exact) mass is 251 g/mol. The largest absolute Gasteiger partial charge is 0.491 e. The Hall–Kier alpha value is -1.55. The molecule has 1 atom stereocenters. The molecule has 0 radical (unpaired) electrons. The third-order valence-corrected chi connectivity index (χ3v) is 2.38. The summed E-state index contributed by atoms with van der Waals surface area (Å²) in [6.45, 7) is 5.97. The second-order valence-corrected chi connectivity index (χ2v) is 4.46. The van der Waals surface area contributed by atoms with E-state index in [1.165, 1.54) is 7.11 Å².